The van der Waals surface area contributed by atoms with E-state index in [0.29, 0.717) is 17.9 Å². The van der Waals surface area contributed by atoms with Crippen LogP contribution in [0.2, 0.25) is 10.0 Å². The lowest BCUT2D eigenvalue weighted by molar-refractivity contribution is -0.134. The van der Waals surface area contributed by atoms with Crippen LogP contribution in [0.4, 0.5) is 5.69 Å². The zero-order chi connectivity index (χ0) is 19.9. The molecule has 0 spiro atoms. The van der Waals surface area contributed by atoms with Crippen LogP contribution in [-0.2, 0) is 11.2 Å². The molecule has 3 aromatic rings. The monoisotopic (exact) mass is 414 g/mol. The van der Waals surface area contributed by atoms with Gasteiger partial charge in [0.25, 0.3) is 5.91 Å². The van der Waals surface area contributed by atoms with Gasteiger partial charge in [0.2, 0.25) is 0 Å². The Hall–Kier alpha value is -2.89. The van der Waals surface area contributed by atoms with Crippen LogP contribution >= 0.6 is 23.2 Å². The summed E-state index contributed by atoms with van der Waals surface area (Å²) in [5.41, 5.74) is 1.71. The lowest BCUT2D eigenvalue weighted by Crippen LogP contribution is -2.13. The number of carbonyl (C=O) groups excluding carboxylic acids is 2. The Kier molecular flexibility index (Phi) is 6.63. The van der Waals surface area contributed by atoms with Gasteiger partial charge in [0, 0.05) is 24.5 Å². The molecule has 0 aliphatic heterocycles. The first-order valence-electron chi connectivity index (χ1n) is 8.48. The van der Waals surface area contributed by atoms with E-state index >= 15 is 0 Å². The second kappa shape index (κ2) is 9.35. The van der Waals surface area contributed by atoms with Crippen molar-refractivity contribution in [3.63, 3.8) is 0 Å². The maximum Gasteiger partial charge on any atom is 0.311 e. The van der Waals surface area contributed by atoms with Crippen LogP contribution in [0.3, 0.4) is 0 Å². The molecule has 0 atom stereocenters. The first kappa shape index (κ1) is 19.9. The van der Waals surface area contributed by atoms with Gasteiger partial charge < -0.3 is 10.1 Å². The fraction of sp³-hybridized carbons (Fsp3) is 0.0952. The summed E-state index contributed by atoms with van der Waals surface area (Å²) >= 11 is 12.0. The van der Waals surface area contributed by atoms with Crippen LogP contribution in [0.5, 0.6) is 5.75 Å². The molecule has 1 aromatic heterocycles. The summed E-state index contributed by atoms with van der Waals surface area (Å²) in [7, 11) is 0. The topological polar surface area (TPSA) is 68.3 Å². The molecule has 2 aromatic carbocycles. The number of nitrogens with one attached hydrogen (secondary N) is 1. The van der Waals surface area contributed by atoms with E-state index in [1.165, 1.54) is 12.4 Å². The highest BCUT2D eigenvalue weighted by atomic mass is 35.5. The average Bonchev–Trinajstić information content (AvgIpc) is 2.68. The van der Waals surface area contributed by atoms with E-state index in [9.17, 15) is 9.59 Å². The molecule has 0 saturated carbocycles. The van der Waals surface area contributed by atoms with E-state index in [4.69, 9.17) is 27.9 Å². The maximum absolute atomic E-state index is 12.4. The van der Waals surface area contributed by atoms with Gasteiger partial charge >= 0.3 is 5.97 Å². The SMILES string of the molecule is O=C(CCc1ccc(NC(=O)c2c(Cl)cncc2Cl)cc1)Oc1ccccc1. The van der Waals surface area contributed by atoms with Crippen LogP contribution < -0.4 is 10.1 Å². The molecular weight excluding hydrogens is 399 g/mol. The Morgan fingerprint density at radius 1 is 0.929 bits per heavy atom. The molecule has 1 heterocycles. The number of hydrogen-bond donors (Lipinski definition) is 1. The molecule has 0 unspecified atom stereocenters. The third kappa shape index (κ3) is 5.31. The number of pyridine rings is 1. The molecule has 142 valence electrons. The molecule has 0 aliphatic rings. The van der Waals surface area contributed by atoms with E-state index in [1.807, 2.05) is 30.3 Å². The highest BCUT2D eigenvalue weighted by molar-refractivity contribution is 6.40. The Balaban J connectivity index is 1.55. The largest absolute Gasteiger partial charge is 0.427 e. The third-order valence-corrected chi connectivity index (χ3v) is 4.46. The number of halogens is 2. The molecule has 0 fully saturated rings. The molecule has 0 aliphatic carbocycles. The molecule has 28 heavy (non-hydrogen) atoms. The number of amides is 1. The van der Waals surface area contributed by atoms with Crippen molar-refractivity contribution in [3.05, 3.63) is 88.2 Å². The van der Waals surface area contributed by atoms with Gasteiger partial charge in [-0.2, -0.15) is 0 Å². The standard InChI is InChI=1S/C21H16Cl2N2O3/c22-17-12-24-13-18(23)20(17)21(27)25-15-9-6-14(7-10-15)8-11-19(26)28-16-4-2-1-3-5-16/h1-7,9-10,12-13H,8,11H2,(H,25,27). The molecule has 5 nitrogen and oxygen atoms in total. The van der Waals surface area contributed by atoms with Crippen LogP contribution in [0, 0.1) is 0 Å². The number of benzene rings is 2. The molecule has 3 rings (SSSR count). The lowest BCUT2D eigenvalue weighted by Gasteiger charge is -2.09. The lowest BCUT2D eigenvalue weighted by atomic mass is 10.1. The summed E-state index contributed by atoms with van der Waals surface area (Å²) in [4.78, 5) is 28.1. The van der Waals surface area contributed by atoms with Gasteiger partial charge in [-0.05, 0) is 36.2 Å². The quantitative estimate of drug-likeness (QED) is 0.445. The second-order valence-corrected chi connectivity index (χ2v) is 6.73. The van der Waals surface area contributed by atoms with Crippen molar-refractivity contribution in [3.8, 4) is 5.75 Å². The van der Waals surface area contributed by atoms with Crippen LogP contribution in [0.1, 0.15) is 22.3 Å². The Bertz CT molecular complexity index is 956. The van der Waals surface area contributed by atoms with Crippen LogP contribution in [-0.4, -0.2) is 16.9 Å². The summed E-state index contributed by atoms with van der Waals surface area (Å²) < 4.78 is 5.26. The number of carbonyl (C=O) groups is 2. The number of esters is 1. The molecule has 7 heteroatoms. The number of anilines is 1. The highest BCUT2D eigenvalue weighted by Crippen LogP contribution is 2.24. The first-order valence-corrected chi connectivity index (χ1v) is 9.23. The second-order valence-electron chi connectivity index (χ2n) is 5.92. The summed E-state index contributed by atoms with van der Waals surface area (Å²) in [5, 5.41) is 3.10. The van der Waals surface area contributed by atoms with E-state index in [2.05, 4.69) is 10.3 Å². The number of rotatable bonds is 6. The number of hydrogen-bond acceptors (Lipinski definition) is 4. The molecular formula is C21H16Cl2N2O3. The predicted molar refractivity (Wildman–Crippen MR) is 109 cm³/mol. The highest BCUT2D eigenvalue weighted by Gasteiger charge is 2.15. The predicted octanol–water partition coefficient (Wildman–Crippen LogP) is 5.18. The van der Waals surface area contributed by atoms with Gasteiger partial charge in [-0.1, -0.05) is 53.5 Å². The minimum atomic E-state index is -0.420. The number of aromatic nitrogens is 1. The Labute approximate surface area is 172 Å². The minimum absolute atomic E-state index is 0.172. The van der Waals surface area contributed by atoms with Crippen molar-refractivity contribution in [1.29, 1.82) is 0 Å². The van der Waals surface area contributed by atoms with Crippen molar-refractivity contribution in [1.82, 2.24) is 4.98 Å². The molecule has 0 radical (unpaired) electrons. The summed E-state index contributed by atoms with van der Waals surface area (Å²) in [5.74, 6) is -0.193. The fourth-order valence-electron chi connectivity index (χ4n) is 2.49. The van der Waals surface area contributed by atoms with Crippen molar-refractivity contribution in [2.75, 3.05) is 5.32 Å². The number of ether oxygens (including phenoxy) is 1. The van der Waals surface area contributed by atoms with Gasteiger partial charge in [0.15, 0.2) is 0 Å². The van der Waals surface area contributed by atoms with Crippen molar-refractivity contribution in [2.45, 2.75) is 12.8 Å². The number of aryl methyl sites for hydroxylation is 1. The maximum atomic E-state index is 12.4. The van der Waals surface area contributed by atoms with Gasteiger partial charge in [0.1, 0.15) is 5.75 Å². The van der Waals surface area contributed by atoms with Crippen molar-refractivity contribution in [2.24, 2.45) is 0 Å². The average molecular weight is 415 g/mol. The summed E-state index contributed by atoms with van der Waals surface area (Å²) in [6.07, 6.45) is 3.50. The van der Waals surface area contributed by atoms with E-state index < -0.39 is 5.91 Å². The van der Waals surface area contributed by atoms with Crippen molar-refractivity contribution < 1.29 is 14.3 Å². The third-order valence-electron chi connectivity index (χ3n) is 3.88. The molecule has 0 saturated heterocycles. The smallest absolute Gasteiger partial charge is 0.311 e. The van der Waals surface area contributed by atoms with E-state index in [-0.39, 0.29) is 28.0 Å². The minimum Gasteiger partial charge on any atom is -0.427 e. The van der Waals surface area contributed by atoms with Gasteiger partial charge in [-0.25, -0.2) is 0 Å². The van der Waals surface area contributed by atoms with Crippen LogP contribution in [0.25, 0.3) is 0 Å². The summed E-state index contributed by atoms with van der Waals surface area (Å²) in [6, 6.07) is 16.1. The Morgan fingerprint density at radius 3 is 2.21 bits per heavy atom. The van der Waals surface area contributed by atoms with Gasteiger partial charge in [-0.15, -0.1) is 0 Å². The van der Waals surface area contributed by atoms with E-state index in [0.717, 1.165) is 5.56 Å². The zero-order valence-electron chi connectivity index (χ0n) is 14.7. The molecule has 0 bridgehead atoms. The van der Waals surface area contributed by atoms with Gasteiger partial charge in [-0.3, -0.25) is 14.6 Å². The molecule has 1 amide bonds. The zero-order valence-corrected chi connectivity index (χ0v) is 16.2. The number of para-hydroxylation sites is 1. The van der Waals surface area contributed by atoms with Crippen LogP contribution in [0.15, 0.2) is 67.0 Å². The first-order chi connectivity index (χ1) is 13.5. The van der Waals surface area contributed by atoms with Gasteiger partial charge in [0.05, 0.1) is 15.6 Å². The molecule has 1 N–H and O–H groups in total. The van der Waals surface area contributed by atoms with E-state index in [1.54, 1.807) is 24.3 Å². The van der Waals surface area contributed by atoms with Crippen molar-refractivity contribution >= 4 is 40.8 Å². The normalized spacial score (nSPS) is 10.4. The fourth-order valence-corrected chi connectivity index (χ4v) is 3.03. The number of nitrogens with zero attached hydrogens (tertiary/aromatic N) is 1. The Morgan fingerprint density at radius 2 is 1.57 bits per heavy atom. The summed E-state index contributed by atoms with van der Waals surface area (Å²) in [6.45, 7) is 0.